The van der Waals surface area contributed by atoms with E-state index in [9.17, 15) is 18.0 Å². The van der Waals surface area contributed by atoms with Crippen molar-refractivity contribution in [3.05, 3.63) is 38.6 Å². The van der Waals surface area contributed by atoms with Crippen molar-refractivity contribution in [1.29, 1.82) is 0 Å². The Hall–Kier alpha value is -2.02. The van der Waals surface area contributed by atoms with Gasteiger partial charge in [0.2, 0.25) is 0 Å². The number of hydrogen-bond acceptors (Lipinski definition) is 7. The molecule has 0 fully saturated rings. The number of aromatic carboxylic acids is 1. The van der Waals surface area contributed by atoms with Crippen LogP contribution >= 0.6 is 38.6 Å². The van der Waals surface area contributed by atoms with Gasteiger partial charge in [-0.15, -0.1) is 11.3 Å². The third-order valence-electron chi connectivity index (χ3n) is 3.25. The third-order valence-corrected chi connectivity index (χ3v) is 7.37. The van der Waals surface area contributed by atoms with E-state index in [4.69, 9.17) is 5.11 Å². The van der Waals surface area contributed by atoms with E-state index in [0.29, 0.717) is 13.4 Å². The first kappa shape index (κ1) is 18.8. The average Bonchev–Trinajstić information content (AvgIpc) is 3.07. The van der Waals surface area contributed by atoms with Crippen LogP contribution in [0.5, 0.6) is 0 Å². The number of carbonyl (C=O) groups is 2. The molecule has 0 unspecified atom stereocenters. The summed E-state index contributed by atoms with van der Waals surface area (Å²) < 4.78 is 28.6. The van der Waals surface area contributed by atoms with Crippen LogP contribution in [0.1, 0.15) is 15.2 Å². The number of carbonyl (C=O) groups excluding carboxylic acids is 1. The molecule has 3 rings (SSSR count). The van der Waals surface area contributed by atoms with Gasteiger partial charge in [-0.2, -0.15) is 0 Å². The normalized spacial score (nSPS) is 11.5. The number of halogens is 1. The number of benzene rings is 1. The lowest BCUT2D eigenvalue weighted by Crippen LogP contribution is -2.34. The van der Waals surface area contributed by atoms with E-state index < -0.39 is 22.0 Å². The molecule has 0 aliphatic carbocycles. The maximum absolute atomic E-state index is 12.7. The summed E-state index contributed by atoms with van der Waals surface area (Å²) in [6.07, 6.45) is 1.47. The van der Waals surface area contributed by atoms with Crippen LogP contribution in [0.3, 0.4) is 0 Å². The Labute approximate surface area is 164 Å². The molecule has 3 N–H and O–H groups in total. The smallest absolute Gasteiger partial charge is 0.335 e. The second-order valence-corrected chi connectivity index (χ2v) is 10.3. The zero-order valence-electron chi connectivity index (χ0n) is 12.9. The number of sulfonamides is 1. The predicted octanol–water partition coefficient (Wildman–Crippen LogP) is 3.64. The van der Waals surface area contributed by atoms with Gasteiger partial charge in [0, 0.05) is 15.0 Å². The predicted molar refractivity (Wildman–Crippen MR) is 103 cm³/mol. The lowest BCUT2D eigenvalue weighted by Gasteiger charge is -2.07. The highest BCUT2D eigenvalue weighted by Crippen LogP contribution is 2.34. The maximum atomic E-state index is 12.7. The van der Waals surface area contributed by atoms with E-state index in [-0.39, 0.29) is 21.0 Å². The molecule has 8 nitrogen and oxygen atoms in total. The molecule has 0 aliphatic heterocycles. The Bertz CT molecular complexity index is 1140. The zero-order chi connectivity index (χ0) is 19.1. The van der Waals surface area contributed by atoms with E-state index in [1.165, 1.54) is 29.7 Å². The van der Waals surface area contributed by atoms with Crippen LogP contribution in [-0.2, 0) is 10.0 Å². The van der Waals surface area contributed by atoms with Gasteiger partial charge >= 0.3 is 12.0 Å². The van der Waals surface area contributed by atoms with E-state index in [2.05, 4.69) is 26.2 Å². The molecule has 1 aromatic carbocycles. The van der Waals surface area contributed by atoms with E-state index in [0.717, 1.165) is 11.3 Å². The zero-order valence-corrected chi connectivity index (χ0v) is 17.0. The Morgan fingerprint density at radius 3 is 2.62 bits per heavy atom. The largest absolute Gasteiger partial charge is 0.478 e. The van der Waals surface area contributed by atoms with Crippen LogP contribution in [0.2, 0.25) is 0 Å². The number of thiazole rings is 1. The topological polar surface area (TPSA) is 125 Å². The lowest BCUT2D eigenvalue weighted by molar-refractivity contribution is 0.0697. The SMILES string of the molecule is Cc1sc2ccc(C(=O)O)cc2c1S(=O)(=O)NC(=O)Nc1ncc(Br)s1. The van der Waals surface area contributed by atoms with Gasteiger partial charge in [0.1, 0.15) is 4.90 Å². The number of carboxylic acids is 1. The summed E-state index contributed by atoms with van der Waals surface area (Å²) in [6, 6.07) is 3.27. The van der Waals surface area contributed by atoms with Crippen molar-refractivity contribution in [2.45, 2.75) is 11.8 Å². The van der Waals surface area contributed by atoms with Crippen LogP contribution in [-0.4, -0.2) is 30.5 Å². The number of nitrogens with one attached hydrogen (secondary N) is 2. The quantitative estimate of drug-likeness (QED) is 0.528. The van der Waals surface area contributed by atoms with Gasteiger partial charge in [-0.3, -0.25) is 5.32 Å². The van der Waals surface area contributed by atoms with Crippen molar-refractivity contribution in [3.63, 3.8) is 0 Å². The fourth-order valence-electron chi connectivity index (χ4n) is 2.27. The monoisotopic (exact) mass is 475 g/mol. The highest BCUT2D eigenvalue weighted by molar-refractivity contribution is 9.11. The standard InChI is InChI=1S/C14H10BrN3O5S3/c1-6-11(8-4-7(12(19)20)2-3-9(8)24-6)26(22,23)18-13(21)17-14-16-5-10(15)25-14/h2-5H,1H3,(H,19,20)(H2,16,17,18,21). The third kappa shape index (κ3) is 3.72. The summed E-state index contributed by atoms with van der Waals surface area (Å²) in [7, 11) is -4.21. The molecule has 136 valence electrons. The van der Waals surface area contributed by atoms with Crippen molar-refractivity contribution < 1.29 is 23.1 Å². The first-order valence-corrected chi connectivity index (χ1v) is 10.8. The highest BCUT2D eigenvalue weighted by Gasteiger charge is 2.25. The van der Waals surface area contributed by atoms with Crippen molar-refractivity contribution >= 4 is 75.8 Å². The second-order valence-electron chi connectivity index (χ2n) is 5.03. The fourth-order valence-corrected chi connectivity index (χ4v) is 6.07. The minimum absolute atomic E-state index is 0.0381. The molecule has 2 heterocycles. The van der Waals surface area contributed by atoms with Gasteiger partial charge in [0.25, 0.3) is 10.0 Å². The molecule has 0 radical (unpaired) electrons. The van der Waals surface area contributed by atoms with Crippen LogP contribution < -0.4 is 10.0 Å². The molecule has 0 aliphatic rings. The second kappa shape index (κ2) is 6.95. The molecule has 0 saturated heterocycles. The summed E-state index contributed by atoms with van der Waals surface area (Å²) in [5.74, 6) is -1.17. The molecule has 26 heavy (non-hydrogen) atoms. The lowest BCUT2D eigenvalue weighted by atomic mass is 10.1. The molecule has 2 amide bonds. The van der Waals surface area contributed by atoms with Crippen LogP contribution in [0, 0.1) is 6.92 Å². The number of carboxylic acid groups (broad SMARTS) is 1. The van der Waals surface area contributed by atoms with Crippen molar-refractivity contribution in [1.82, 2.24) is 9.71 Å². The van der Waals surface area contributed by atoms with Crippen LogP contribution in [0.15, 0.2) is 33.1 Å². The number of fused-ring (bicyclic) bond motifs is 1. The van der Waals surface area contributed by atoms with Crippen LogP contribution in [0.25, 0.3) is 10.1 Å². The summed E-state index contributed by atoms with van der Waals surface area (Å²) in [4.78, 5) is 27.4. The number of amides is 2. The highest BCUT2D eigenvalue weighted by atomic mass is 79.9. The molecular weight excluding hydrogens is 466 g/mol. The Balaban J connectivity index is 1.95. The average molecular weight is 476 g/mol. The number of anilines is 1. The van der Waals surface area contributed by atoms with Gasteiger partial charge in [0.15, 0.2) is 5.13 Å². The number of aromatic nitrogens is 1. The van der Waals surface area contributed by atoms with Crippen LogP contribution in [0.4, 0.5) is 9.93 Å². The van der Waals surface area contributed by atoms with Crippen molar-refractivity contribution in [2.75, 3.05) is 5.32 Å². The molecule has 0 spiro atoms. The maximum Gasteiger partial charge on any atom is 0.335 e. The number of hydrogen-bond donors (Lipinski definition) is 3. The molecule has 3 aromatic rings. The number of rotatable bonds is 4. The number of aryl methyl sites for hydroxylation is 1. The molecule has 0 atom stereocenters. The van der Waals surface area contributed by atoms with Gasteiger partial charge in [-0.1, -0.05) is 11.3 Å². The van der Waals surface area contributed by atoms with E-state index >= 15 is 0 Å². The van der Waals surface area contributed by atoms with Gasteiger partial charge in [-0.05, 0) is 41.1 Å². The minimum atomic E-state index is -4.21. The summed E-state index contributed by atoms with van der Waals surface area (Å²) in [5.41, 5.74) is -0.0381. The van der Waals surface area contributed by atoms with Gasteiger partial charge in [0.05, 0.1) is 15.5 Å². The Kier molecular flexibility index (Phi) is 5.01. The van der Waals surface area contributed by atoms with Gasteiger partial charge in [-0.25, -0.2) is 27.7 Å². The number of nitrogens with zero attached hydrogens (tertiary/aromatic N) is 1. The molecule has 0 bridgehead atoms. The van der Waals surface area contributed by atoms with E-state index in [1.54, 1.807) is 13.0 Å². The Morgan fingerprint density at radius 2 is 2.00 bits per heavy atom. The van der Waals surface area contributed by atoms with Gasteiger partial charge < -0.3 is 5.11 Å². The summed E-state index contributed by atoms with van der Waals surface area (Å²) in [5, 5.41) is 11.9. The van der Waals surface area contributed by atoms with Crippen molar-refractivity contribution in [3.8, 4) is 0 Å². The Morgan fingerprint density at radius 1 is 1.27 bits per heavy atom. The summed E-state index contributed by atoms with van der Waals surface area (Å²) >= 11 is 5.52. The summed E-state index contributed by atoms with van der Waals surface area (Å²) in [6.45, 7) is 1.59. The molecule has 2 aromatic heterocycles. The molecular formula is C14H10BrN3O5S3. The first-order chi connectivity index (χ1) is 12.2. The molecule has 12 heteroatoms. The van der Waals surface area contributed by atoms with E-state index in [1.807, 2.05) is 4.72 Å². The minimum Gasteiger partial charge on any atom is -0.478 e. The number of urea groups is 1. The first-order valence-electron chi connectivity index (χ1n) is 6.89. The van der Waals surface area contributed by atoms with Crippen molar-refractivity contribution in [2.24, 2.45) is 0 Å². The molecule has 0 saturated carbocycles. The fraction of sp³-hybridized carbons (Fsp3) is 0.0714. The number of thiophene rings is 1.